The molecule has 0 heterocycles. The van der Waals surface area contributed by atoms with Crippen LogP contribution in [0.1, 0.15) is 44.1 Å². The van der Waals surface area contributed by atoms with Gasteiger partial charge in [0.25, 0.3) is 0 Å². The zero-order valence-corrected chi connectivity index (χ0v) is 15.9. The van der Waals surface area contributed by atoms with E-state index in [0.717, 1.165) is 37.0 Å². The van der Waals surface area contributed by atoms with Crippen molar-refractivity contribution in [1.82, 2.24) is 5.32 Å². The first-order valence-corrected chi connectivity index (χ1v) is 9.75. The second-order valence-electron chi connectivity index (χ2n) is 6.46. The van der Waals surface area contributed by atoms with Crippen molar-refractivity contribution in [3.8, 4) is 0 Å². The van der Waals surface area contributed by atoms with Crippen molar-refractivity contribution in [3.63, 3.8) is 0 Å². The van der Waals surface area contributed by atoms with Gasteiger partial charge in [-0.2, -0.15) is 11.8 Å². The molecule has 1 fully saturated rings. The summed E-state index contributed by atoms with van der Waals surface area (Å²) in [6.45, 7) is 0.544. The minimum Gasteiger partial charge on any atom is -0.354 e. The molecule has 1 aliphatic carbocycles. The number of hydrogen-bond donors (Lipinski definition) is 2. The standard InChI is InChI=1S/C18H27FN2OS.ClH/c1-23-11-8-16(20)17(22)21-13-18(9-3-2-4-10-18)14-6-5-7-15(19)12-14;/h5-7,12,16H,2-4,8-11,13,20H2,1H3,(H,21,22);1H/t16-;/m0./s1. The molecule has 0 spiro atoms. The molecule has 0 aliphatic heterocycles. The average molecular weight is 375 g/mol. The van der Waals surface area contributed by atoms with E-state index in [1.54, 1.807) is 23.9 Å². The molecule has 1 atom stereocenters. The summed E-state index contributed by atoms with van der Waals surface area (Å²) in [7, 11) is 0. The molecule has 1 aliphatic rings. The fourth-order valence-corrected chi connectivity index (χ4v) is 3.87. The molecule has 24 heavy (non-hydrogen) atoms. The Kier molecular flexibility index (Phi) is 9.09. The first-order chi connectivity index (χ1) is 11.1. The lowest BCUT2D eigenvalue weighted by molar-refractivity contribution is -0.122. The van der Waals surface area contributed by atoms with Crippen molar-refractivity contribution >= 4 is 30.1 Å². The van der Waals surface area contributed by atoms with E-state index in [2.05, 4.69) is 5.32 Å². The highest BCUT2D eigenvalue weighted by Gasteiger charge is 2.34. The fourth-order valence-electron chi connectivity index (χ4n) is 3.38. The topological polar surface area (TPSA) is 55.1 Å². The van der Waals surface area contributed by atoms with Crippen LogP contribution in [0.15, 0.2) is 24.3 Å². The number of halogens is 2. The first-order valence-electron chi connectivity index (χ1n) is 8.36. The van der Waals surface area contributed by atoms with Crippen LogP contribution < -0.4 is 11.1 Å². The van der Waals surface area contributed by atoms with Gasteiger partial charge in [0.1, 0.15) is 5.82 Å². The quantitative estimate of drug-likeness (QED) is 0.766. The predicted molar refractivity (Wildman–Crippen MR) is 102 cm³/mol. The summed E-state index contributed by atoms with van der Waals surface area (Å²) in [4.78, 5) is 12.2. The van der Waals surface area contributed by atoms with Crippen molar-refractivity contribution in [3.05, 3.63) is 35.6 Å². The van der Waals surface area contributed by atoms with Gasteiger partial charge in [-0.1, -0.05) is 31.4 Å². The van der Waals surface area contributed by atoms with Crippen molar-refractivity contribution < 1.29 is 9.18 Å². The summed E-state index contributed by atoms with van der Waals surface area (Å²) < 4.78 is 13.6. The van der Waals surface area contributed by atoms with Gasteiger partial charge < -0.3 is 11.1 Å². The lowest BCUT2D eigenvalue weighted by atomic mass is 9.69. The van der Waals surface area contributed by atoms with Crippen LogP contribution in [-0.4, -0.2) is 30.5 Å². The van der Waals surface area contributed by atoms with E-state index >= 15 is 0 Å². The van der Waals surface area contributed by atoms with Crippen LogP contribution in [-0.2, 0) is 10.2 Å². The molecular formula is C18H28ClFN2OS. The van der Waals surface area contributed by atoms with E-state index in [9.17, 15) is 9.18 Å². The number of carbonyl (C=O) groups excluding carboxylic acids is 1. The first kappa shape index (κ1) is 21.3. The maximum absolute atomic E-state index is 13.6. The van der Waals surface area contributed by atoms with Gasteiger partial charge in [-0.15, -0.1) is 12.4 Å². The molecule has 1 saturated carbocycles. The van der Waals surface area contributed by atoms with Gasteiger partial charge >= 0.3 is 0 Å². The minimum absolute atomic E-state index is 0. The van der Waals surface area contributed by atoms with Gasteiger partial charge in [-0.05, 0) is 49.0 Å². The van der Waals surface area contributed by atoms with E-state index in [0.29, 0.717) is 13.0 Å². The normalized spacial score (nSPS) is 17.6. The molecule has 0 aromatic heterocycles. The molecule has 3 nitrogen and oxygen atoms in total. The van der Waals surface area contributed by atoms with Gasteiger partial charge in [-0.25, -0.2) is 4.39 Å². The second-order valence-corrected chi connectivity index (χ2v) is 7.44. The number of amides is 1. The van der Waals surface area contributed by atoms with Crippen LogP contribution >= 0.6 is 24.2 Å². The van der Waals surface area contributed by atoms with Crippen molar-refractivity contribution in [2.45, 2.75) is 50.0 Å². The number of rotatable bonds is 7. The summed E-state index contributed by atoms with van der Waals surface area (Å²) in [6, 6.07) is 6.36. The smallest absolute Gasteiger partial charge is 0.236 e. The molecule has 136 valence electrons. The van der Waals surface area contributed by atoms with Crippen LogP contribution in [0, 0.1) is 5.82 Å². The Morgan fingerprint density at radius 1 is 1.38 bits per heavy atom. The Morgan fingerprint density at radius 3 is 2.71 bits per heavy atom. The average Bonchev–Trinajstić information content (AvgIpc) is 2.58. The van der Waals surface area contributed by atoms with Crippen molar-refractivity contribution in [2.75, 3.05) is 18.6 Å². The van der Waals surface area contributed by atoms with Crippen molar-refractivity contribution in [1.29, 1.82) is 0 Å². The van der Waals surface area contributed by atoms with E-state index in [-0.39, 0.29) is 29.5 Å². The van der Waals surface area contributed by atoms with E-state index in [1.807, 2.05) is 12.3 Å². The maximum Gasteiger partial charge on any atom is 0.236 e. The summed E-state index contributed by atoms with van der Waals surface area (Å²) in [5.41, 5.74) is 6.78. The van der Waals surface area contributed by atoms with Gasteiger partial charge in [0, 0.05) is 12.0 Å². The van der Waals surface area contributed by atoms with Gasteiger partial charge in [0.15, 0.2) is 0 Å². The summed E-state index contributed by atoms with van der Waals surface area (Å²) in [5.74, 6) is 0.569. The number of nitrogens with one attached hydrogen (secondary N) is 1. The third kappa shape index (κ3) is 5.64. The fraction of sp³-hybridized carbons (Fsp3) is 0.611. The lowest BCUT2D eigenvalue weighted by Crippen LogP contribution is -2.47. The van der Waals surface area contributed by atoms with Crippen LogP contribution in [0.4, 0.5) is 4.39 Å². The van der Waals surface area contributed by atoms with Gasteiger partial charge in [-0.3, -0.25) is 4.79 Å². The molecule has 3 N–H and O–H groups in total. The SMILES string of the molecule is CSCC[C@H](N)C(=O)NCC1(c2cccc(F)c2)CCCCC1.Cl. The Hall–Kier alpha value is -0.780. The lowest BCUT2D eigenvalue weighted by Gasteiger charge is -2.38. The molecule has 1 aromatic carbocycles. The highest BCUT2D eigenvalue weighted by Crippen LogP contribution is 2.39. The van der Waals surface area contributed by atoms with Crippen LogP contribution in [0.5, 0.6) is 0 Å². The number of hydrogen-bond acceptors (Lipinski definition) is 3. The summed E-state index contributed by atoms with van der Waals surface area (Å²) >= 11 is 1.69. The van der Waals surface area contributed by atoms with E-state index < -0.39 is 6.04 Å². The highest BCUT2D eigenvalue weighted by atomic mass is 35.5. The largest absolute Gasteiger partial charge is 0.354 e. The Labute approximate surface area is 154 Å². The molecule has 2 rings (SSSR count). The third-order valence-electron chi connectivity index (χ3n) is 4.82. The van der Waals surface area contributed by atoms with Gasteiger partial charge in [0.2, 0.25) is 5.91 Å². The maximum atomic E-state index is 13.6. The Balaban J connectivity index is 0.00000288. The summed E-state index contributed by atoms with van der Waals surface area (Å²) in [5, 5.41) is 3.02. The van der Waals surface area contributed by atoms with Crippen LogP contribution in [0.25, 0.3) is 0 Å². The van der Waals surface area contributed by atoms with E-state index in [1.165, 1.54) is 12.5 Å². The molecule has 6 heteroatoms. The third-order valence-corrected chi connectivity index (χ3v) is 5.46. The molecule has 0 saturated heterocycles. The van der Waals surface area contributed by atoms with Crippen molar-refractivity contribution in [2.24, 2.45) is 5.73 Å². The summed E-state index contributed by atoms with van der Waals surface area (Å²) in [6.07, 6.45) is 8.09. The molecule has 1 aromatic rings. The molecule has 1 amide bonds. The molecule has 0 radical (unpaired) electrons. The zero-order valence-electron chi connectivity index (χ0n) is 14.2. The Morgan fingerprint density at radius 2 is 2.08 bits per heavy atom. The van der Waals surface area contributed by atoms with Crippen LogP contribution in [0.3, 0.4) is 0 Å². The Bertz CT molecular complexity index is 523. The monoisotopic (exact) mass is 374 g/mol. The number of benzene rings is 1. The minimum atomic E-state index is -0.462. The van der Waals surface area contributed by atoms with Crippen LogP contribution in [0.2, 0.25) is 0 Å². The predicted octanol–water partition coefficient (Wildman–Crippen LogP) is 3.65. The van der Waals surface area contributed by atoms with Gasteiger partial charge in [0.05, 0.1) is 6.04 Å². The number of nitrogens with two attached hydrogens (primary N) is 1. The molecule has 0 bridgehead atoms. The van der Waals surface area contributed by atoms with E-state index in [4.69, 9.17) is 5.73 Å². The second kappa shape index (κ2) is 10.3. The molecule has 0 unspecified atom stereocenters. The zero-order chi connectivity index (χ0) is 16.7. The number of carbonyl (C=O) groups is 1. The molecular weight excluding hydrogens is 347 g/mol. The highest BCUT2D eigenvalue weighted by molar-refractivity contribution is 7.98. The number of thioether (sulfide) groups is 1.